The molecule has 1 aliphatic rings. The summed E-state index contributed by atoms with van der Waals surface area (Å²) in [5.41, 5.74) is 0.706. The molecule has 0 aromatic heterocycles. The first-order chi connectivity index (χ1) is 13.2. The van der Waals surface area contributed by atoms with E-state index in [4.69, 9.17) is 9.47 Å². The minimum atomic E-state index is -0.744. The van der Waals surface area contributed by atoms with E-state index in [2.05, 4.69) is 5.32 Å². The lowest BCUT2D eigenvalue weighted by Crippen LogP contribution is -2.43. The fourth-order valence-corrected chi connectivity index (χ4v) is 3.42. The molecule has 1 fully saturated rings. The number of nitrogens with one attached hydrogen (secondary N) is 1. The van der Waals surface area contributed by atoms with Gasteiger partial charge in [0.15, 0.2) is 0 Å². The summed E-state index contributed by atoms with van der Waals surface area (Å²) in [6.45, 7) is 5.44. The van der Waals surface area contributed by atoms with Crippen molar-refractivity contribution in [3.05, 3.63) is 35.4 Å². The van der Waals surface area contributed by atoms with E-state index in [1.807, 2.05) is 20.8 Å². The predicted molar refractivity (Wildman–Crippen MR) is 106 cm³/mol. The van der Waals surface area contributed by atoms with E-state index < -0.39 is 23.6 Å². The first-order valence-electron chi connectivity index (χ1n) is 9.87. The van der Waals surface area contributed by atoms with Crippen molar-refractivity contribution in [2.75, 3.05) is 7.11 Å². The SMILES string of the molecule is COC(=O)[C@@H](Cc1ccc(C(=O)OC(C)(C)C)cc1)NC(=O)CC1CCCC1. The largest absolute Gasteiger partial charge is 0.467 e. The maximum absolute atomic E-state index is 12.3. The van der Waals surface area contributed by atoms with E-state index in [-0.39, 0.29) is 5.91 Å². The standard InChI is InChI=1S/C22H31NO5/c1-22(2,3)28-20(25)17-11-9-16(10-12-17)13-18(21(26)27-4)23-19(24)14-15-7-5-6-8-15/h9-12,15,18H,5-8,13-14H2,1-4H3,(H,23,24)/t18-/m1/s1. The molecule has 1 N–H and O–H groups in total. The predicted octanol–water partition coefficient (Wildman–Crippen LogP) is 3.42. The molecule has 0 spiro atoms. The van der Waals surface area contributed by atoms with Gasteiger partial charge >= 0.3 is 11.9 Å². The maximum atomic E-state index is 12.3. The lowest BCUT2D eigenvalue weighted by molar-refractivity contribution is -0.145. The molecule has 1 amide bonds. The van der Waals surface area contributed by atoms with Gasteiger partial charge in [0.25, 0.3) is 0 Å². The van der Waals surface area contributed by atoms with Gasteiger partial charge in [0.05, 0.1) is 12.7 Å². The van der Waals surface area contributed by atoms with Crippen molar-refractivity contribution < 1.29 is 23.9 Å². The van der Waals surface area contributed by atoms with Gasteiger partial charge in [-0.3, -0.25) is 4.79 Å². The highest BCUT2D eigenvalue weighted by atomic mass is 16.6. The van der Waals surface area contributed by atoms with Crippen LogP contribution in [0.1, 0.15) is 68.8 Å². The second-order valence-corrected chi connectivity index (χ2v) is 8.40. The highest BCUT2D eigenvalue weighted by Gasteiger charge is 2.25. The van der Waals surface area contributed by atoms with Crippen molar-refractivity contribution in [2.24, 2.45) is 5.92 Å². The summed E-state index contributed by atoms with van der Waals surface area (Å²) >= 11 is 0. The number of amides is 1. The minimum absolute atomic E-state index is 0.118. The van der Waals surface area contributed by atoms with Gasteiger partial charge in [-0.15, -0.1) is 0 Å². The Bertz CT molecular complexity index is 684. The average molecular weight is 389 g/mol. The lowest BCUT2D eigenvalue weighted by atomic mass is 10.0. The van der Waals surface area contributed by atoms with Crippen molar-refractivity contribution in [3.63, 3.8) is 0 Å². The molecule has 6 nitrogen and oxygen atoms in total. The van der Waals surface area contributed by atoms with Gasteiger partial charge in [-0.1, -0.05) is 25.0 Å². The highest BCUT2D eigenvalue weighted by Crippen LogP contribution is 2.27. The summed E-state index contributed by atoms with van der Waals surface area (Å²) in [7, 11) is 1.31. The zero-order valence-electron chi connectivity index (χ0n) is 17.2. The van der Waals surface area contributed by atoms with Crippen LogP contribution < -0.4 is 5.32 Å². The summed E-state index contributed by atoms with van der Waals surface area (Å²) in [5, 5.41) is 2.81. The molecule has 2 rings (SSSR count). The Hall–Kier alpha value is -2.37. The number of esters is 2. The Kier molecular flexibility index (Phi) is 7.61. The number of rotatable bonds is 7. The number of benzene rings is 1. The quantitative estimate of drug-likeness (QED) is 0.723. The van der Waals surface area contributed by atoms with Crippen molar-refractivity contribution in [1.82, 2.24) is 5.32 Å². The van der Waals surface area contributed by atoms with E-state index in [0.717, 1.165) is 18.4 Å². The summed E-state index contributed by atoms with van der Waals surface area (Å²) in [6.07, 6.45) is 5.23. The Morgan fingerprint density at radius 3 is 2.25 bits per heavy atom. The molecule has 1 aliphatic carbocycles. The van der Waals surface area contributed by atoms with Crippen molar-refractivity contribution in [1.29, 1.82) is 0 Å². The first kappa shape index (κ1) is 21.9. The third-order valence-electron chi connectivity index (χ3n) is 4.80. The molecule has 154 valence electrons. The molecule has 1 aromatic rings. The van der Waals surface area contributed by atoms with Crippen LogP contribution >= 0.6 is 0 Å². The van der Waals surface area contributed by atoms with Gasteiger partial charge < -0.3 is 14.8 Å². The van der Waals surface area contributed by atoms with E-state index in [9.17, 15) is 14.4 Å². The monoisotopic (exact) mass is 389 g/mol. The van der Waals surface area contributed by atoms with Crippen LogP contribution in [0.25, 0.3) is 0 Å². The van der Waals surface area contributed by atoms with Crippen LogP contribution in [0, 0.1) is 5.92 Å². The van der Waals surface area contributed by atoms with E-state index in [1.165, 1.54) is 20.0 Å². The molecule has 28 heavy (non-hydrogen) atoms. The molecular formula is C22H31NO5. The minimum Gasteiger partial charge on any atom is -0.467 e. The van der Waals surface area contributed by atoms with E-state index >= 15 is 0 Å². The second kappa shape index (κ2) is 9.71. The number of ether oxygens (including phenoxy) is 2. The molecule has 0 bridgehead atoms. The lowest BCUT2D eigenvalue weighted by Gasteiger charge is -2.20. The van der Waals surface area contributed by atoms with Crippen molar-refractivity contribution in [3.8, 4) is 0 Å². The topological polar surface area (TPSA) is 81.7 Å². The van der Waals surface area contributed by atoms with Gasteiger partial charge in [0, 0.05) is 12.8 Å². The molecule has 1 saturated carbocycles. The number of methoxy groups -OCH3 is 1. The van der Waals surface area contributed by atoms with Crippen LogP contribution in [0.2, 0.25) is 0 Å². The molecule has 0 heterocycles. The molecule has 1 atom stereocenters. The zero-order chi connectivity index (χ0) is 20.7. The Labute approximate surface area is 167 Å². The van der Waals surface area contributed by atoms with E-state index in [0.29, 0.717) is 24.3 Å². The molecule has 6 heteroatoms. The summed E-state index contributed by atoms with van der Waals surface area (Å²) < 4.78 is 10.2. The van der Waals surface area contributed by atoms with Crippen LogP contribution in [0.5, 0.6) is 0 Å². The number of hydrogen-bond acceptors (Lipinski definition) is 5. The molecule has 0 radical (unpaired) electrons. The molecule has 0 saturated heterocycles. The van der Waals surface area contributed by atoms with Gasteiger partial charge in [0.1, 0.15) is 11.6 Å². The van der Waals surface area contributed by atoms with Crippen molar-refractivity contribution in [2.45, 2.75) is 70.9 Å². The van der Waals surface area contributed by atoms with Gasteiger partial charge in [-0.25, -0.2) is 9.59 Å². The number of hydrogen-bond donors (Lipinski definition) is 1. The van der Waals surface area contributed by atoms with E-state index in [1.54, 1.807) is 24.3 Å². The second-order valence-electron chi connectivity index (χ2n) is 8.40. The van der Waals surface area contributed by atoms with Crippen LogP contribution in [-0.2, 0) is 25.5 Å². The van der Waals surface area contributed by atoms with Gasteiger partial charge in [0.2, 0.25) is 5.91 Å². The summed E-state index contributed by atoms with van der Waals surface area (Å²) in [6, 6.07) is 6.11. The number of carbonyl (C=O) groups excluding carboxylic acids is 3. The average Bonchev–Trinajstić information content (AvgIpc) is 3.12. The Morgan fingerprint density at radius 1 is 1.11 bits per heavy atom. The normalized spacial score (nSPS) is 15.7. The number of carbonyl (C=O) groups is 3. The Morgan fingerprint density at radius 2 is 1.71 bits per heavy atom. The third kappa shape index (κ3) is 6.98. The fourth-order valence-electron chi connectivity index (χ4n) is 3.42. The van der Waals surface area contributed by atoms with Crippen molar-refractivity contribution >= 4 is 17.8 Å². The zero-order valence-corrected chi connectivity index (χ0v) is 17.2. The Balaban J connectivity index is 1.98. The smallest absolute Gasteiger partial charge is 0.338 e. The summed E-state index contributed by atoms with van der Waals surface area (Å²) in [5.74, 6) is -0.580. The first-order valence-corrected chi connectivity index (χ1v) is 9.87. The maximum Gasteiger partial charge on any atom is 0.338 e. The molecular weight excluding hydrogens is 358 g/mol. The molecule has 1 aromatic carbocycles. The third-order valence-corrected chi connectivity index (χ3v) is 4.80. The molecule has 0 aliphatic heterocycles. The van der Waals surface area contributed by atoms with Crippen LogP contribution in [-0.4, -0.2) is 36.6 Å². The summed E-state index contributed by atoms with van der Waals surface area (Å²) in [4.78, 5) is 36.5. The van der Waals surface area contributed by atoms with Crippen LogP contribution in [0.15, 0.2) is 24.3 Å². The van der Waals surface area contributed by atoms with Gasteiger partial charge in [-0.05, 0) is 57.2 Å². The molecule has 0 unspecified atom stereocenters. The van der Waals surface area contributed by atoms with Crippen LogP contribution in [0.3, 0.4) is 0 Å². The fraction of sp³-hybridized carbons (Fsp3) is 0.591. The highest BCUT2D eigenvalue weighted by molar-refractivity contribution is 5.89. The van der Waals surface area contributed by atoms with Gasteiger partial charge in [-0.2, -0.15) is 0 Å². The van der Waals surface area contributed by atoms with Crippen LogP contribution in [0.4, 0.5) is 0 Å².